The Morgan fingerprint density at radius 2 is 2.30 bits per heavy atom. The lowest BCUT2D eigenvalue weighted by Crippen LogP contribution is -1.94. The van der Waals surface area contributed by atoms with Gasteiger partial charge < -0.3 is 4.74 Å². The fourth-order valence-electron chi connectivity index (χ4n) is 0.787. The van der Waals surface area contributed by atoms with Gasteiger partial charge in [-0.15, -0.1) is 0 Å². The van der Waals surface area contributed by atoms with Crippen molar-refractivity contribution in [1.29, 1.82) is 0 Å². The van der Waals surface area contributed by atoms with E-state index in [2.05, 4.69) is 6.07 Å². The zero-order chi connectivity index (χ0) is 7.40. The van der Waals surface area contributed by atoms with Crippen molar-refractivity contribution >= 4 is 0 Å². The summed E-state index contributed by atoms with van der Waals surface area (Å²) in [4.78, 5) is 0. The summed E-state index contributed by atoms with van der Waals surface area (Å²) in [6, 6.07) is 10.9. The van der Waals surface area contributed by atoms with Crippen LogP contribution in [0.25, 0.3) is 0 Å². The minimum Gasteiger partial charge on any atom is -0.377 e. The van der Waals surface area contributed by atoms with Crippen LogP contribution in [0.4, 0.5) is 0 Å². The average molecular weight is 135 g/mol. The molecule has 1 radical (unpaired) electrons. The quantitative estimate of drug-likeness (QED) is 0.604. The zero-order valence-corrected chi connectivity index (χ0v) is 6.29. The molecule has 1 atom stereocenters. The fourth-order valence-corrected chi connectivity index (χ4v) is 0.787. The summed E-state index contributed by atoms with van der Waals surface area (Å²) in [6.07, 6.45) is 0.154. The molecule has 1 heteroatoms. The molecule has 1 rings (SSSR count). The maximum atomic E-state index is 5.10. The maximum Gasteiger partial charge on any atom is 0.0799 e. The van der Waals surface area contributed by atoms with Crippen molar-refractivity contribution in [2.24, 2.45) is 0 Å². The van der Waals surface area contributed by atoms with Crippen LogP contribution in [0.2, 0.25) is 0 Å². The van der Waals surface area contributed by atoms with Gasteiger partial charge in [0, 0.05) is 7.11 Å². The highest BCUT2D eigenvalue weighted by atomic mass is 16.5. The van der Waals surface area contributed by atoms with Gasteiger partial charge in [0.15, 0.2) is 0 Å². The number of ether oxygens (including phenoxy) is 1. The second-order valence-electron chi connectivity index (χ2n) is 2.20. The molecule has 1 aromatic carbocycles. The van der Waals surface area contributed by atoms with Gasteiger partial charge in [0.2, 0.25) is 0 Å². The van der Waals surface area contributed by atoms with Crippen LogP contribution in [0.1, 0.15) is 18.6 Å². The van der Waals surface area contributed by atoms with Crippen LogP contribution in [-0.4, -0.2) is 7.11 Å². The number of rotatable bonds is 2. The summed E-state index contributed by atoms with van der Waals surface area (Å²) in [5.41, 5.74) is 1.10. The molecule has 1 unspecified atom stereocenters. The molecule has 0 N–H and O–H groups in total. The predicted octanol–water partition coefficient (Wildman–Crippen LogP) is 2.19. The Labute approximate surface area is 61.6 Å². The van der Waals surface area contributed by atoms with E-state index in [1.165, 1.54) is 0 Å². The Hall–Kier alpha value is -0.820. The van der Waals surface area contributed by atoms with E-state index in [4.69, 9.17) is 4.74 Å². The molecule has 0 saturated heterocycles. The van der Waals surface area contributed by atoms with Crippen molar-refractivity contribution < 1.29 is 4.74 Å². The SMILES string of the molecule is COC(C)c1[c]cccc1. The van der Waals surface area contributed by atoms with Crippen LogP contribution in [0, 0.1) is 6.07 Å². The lowest BCUT2D eigenvalue weighted by Gasteiger charge is -2.07. The molecule has 10 heavy (non-hydrogen) atoms. The molecule has 0 amide bonds. The monoisotopic (exact) mass is 135 g/mol. The van der Waals surface area contributed by atoms with Crippen molar-refractivity contribution in [3.05, 3.63) is 35.9 Å². The van der Waals surface area contributed by atoms with Crippen LogP contribution in [0.5, 0.6) is 0 Å². The summed E-state index contributed by atoms with van der Waals surface area (Å²) < 4.78 is 5.10. The Bertz CT molecular complexity index is 181. The van der Waals surface area contributed by atoms with E-state index in [1.807, 2.05) is 31.2 Å². The Morgan fingerprint density at radius 3 is 2.80 bits per heavy atom. The van der Waals surface area contributed by atoms with Gasteiger partial charge in [0.1, 0.15) is 0 Å². The van der Waals surface area contributed by atoms with Gasteiger partial charge in [0.05, 0.1) is 6.10 Å². The molecule has 1 aromatic rings. The molecular formula is C9H11O. The topological polar surface area (TPSA) is 9.23 Å². The molecule has 0 aliphatic rings. The van der Waals surface area contributed by atoms with Gasteiger partial charge in [-0.25, -0.2) is 0 Å². The average Bonchev–Trinajstić information content (AvgIpc) is 2.05. The van der Waals surface area contributed by atoms with E-state index >= 15 is 0 Å². The largest absolute Gasteiger partial charge is 0.377 e. The molecule has 0 aliphatic carbocycles. The number of hydrogen-bond acceptors (Lipinski definition) is 1. The van der Waals surface area contributed by atoms with Crippen molar-refractivity contribution in [3.8, 4) is 0 Å². The van der Waals surface area contributed by atoms with Gasteiger partial charge in [-0.3, -0.25) is 0 Å². The standard InChI is InChI=1S/C9H11O/c1-8(10-2)9-6-4-3-5-7-9/h3-6,8H,1-2H3. The Kier molecular flexibility index (Phi) is 2.46. The Balaban J connectivity index is 2.75. The van der Waals surface area contributed by atoms with E-state index in [-0.39, 0.29) is 6.10 Å². The van der Waals surface area contributed by atoms with Gasteiger partial charge in [-0.05, 0) is 18.6 Å². The fraction of sp³-hybridized carbons (Fsp3) is 0.333. The second-order valence-corrected chi connectivity index (χ2v) is 2.20. The Morgan fingerprint density at radius 1 is 1.50 bits per heavy atom. The van der Waals surface area contributed by atoms with Gasteiger partial charge in [-0.1, -0.05) is 24.3 Å². The highest BCUT2D eigenvalue weighted by molar-refractivity contribution is 5.15. The van der Waals surface area contributed by atoms with Gasteiger partial charge in [0.25, 0.3) is 0 Å². The third-order valence-electron chi connectivity index (χ3n) is 1.52. The molecule has 1 nitrogen and oxygen atoms in total. The molecular weight excluding hydrogens is 124 g/mol. The molecule has 53 valence electrons. The highest BCUT2D eigenvalue weighted by Gasteiger charge is 1.99. The highest BCUT2D eigenvalue weighted by Crippen LogP contribution is 2.12. The summed E-state index contributed by atoms with van der Waals surface area (Å²) in [7, 11) is 1.70. The number of benzene rings is 1. The molecule has 0 spiro atoms. The van der Waals surface area contributed by atoms with Crippen LogP contribution < -0.4 is 0 Å². The molecule has 0 bridgehead atoms. The number of hydrogen-bond donors (Lipinski definition) is 0. The lowest BCUT2D eigenvalue weighted by atomic mass is 10.1. The van der Waals surface area contributed by atoms with Crippen LogP contribution in [-0.2, 0) is 4.74 Å². The van der Waals surface area contributed by atoms with E-state index in [0.717, 1.165) is 5.56 Å². The van der Waals surface area contributed by atoms with Crippen molar-refractivity contribution in [3.63, 3.8) is 0 Å². The van der Waals surface area contributed by atoms with Gasteiger partial charge >= 0.3 is 0 Å². The first kappa shape index (κ1) is 7.29. The van der Waals surface area contributed by atoms with Gasteiger partial charge in [-0.2, -0.15) is 0 Å². The summed E-state index contributed by atoms with van der Waals surface area (Å²) in [5.74, 6) is 0. The maximum absolute atomic E-state index is 5.10. The van der Waals surface area contributed by atoms with Crippen molar-refractivity contribution in [2.75, 3.05) is 7.11 Å². The van der Waals surface area contributed by atoms with E-state index in [1.54, 1.807) is 7.11 Å². The molecule has 0 fully saturated rings. The first-order valence-electron chi connectivity index (χ1n) is 3.34. The summed E-state index contributed by atoms with van der Waals surface area (Å²) in [6.45, 7) is 2.01. The van der Waals surface area contributed by atoms with Crippen LogP contribution in [0.15, 0.2) is 24.3 Å². The van der Waals surface area contributed by atoms with E-state index < -0.39 is 0 Å². The third-order valence-corrected chi connectivity index (χ3v) is 1.52. The predicted molar refractivity (Wildman–Crippen MR) is 40.7 cm³/mol. The third kappa shape index (κ3) is 1.58. The van der Waals surface area contributed by atoms with Crippen molar-refractivity contribution in [1.82, 2.24) is 0 Å². The normalized spacial score (nSPS) is 13.0. The first-order chi connectivity index (χ1) is 4.84. The smallest absolute Gasteiger partial charge is 0.0799 e. The second kappa shape index (κ2) is 3.37. The minimum absolute atomic E-state index is 0.154. The zero-order valence-electron chi connectivity index (χ0n) is 6.29. The summed E-state index contributed by atoms with van der Waals surface area (Å²) in [5, 5.41) is 0. The molecule has 0 aliphatic heterocycles. The first-order valence-corrected chi connectivity index (χ1v) is 3.34. The summed E-state index contributed by atoms with van der Waals surface area (Å²) >= 11 is 0. The molecule has 0 aromatic heterocycles. The molecule has 0 heterocycles. The van der Waals surface area contributed by atoms with Crippen molar-refractivity contribution in [2.45, 2.75) is 13.0 Å². The van der Waals surface area contributed by atoms with Crippen LogP contribution in [0.3, 0.4) is 0 Å². The van der Waals surface area contributed by atoms with E-state index in [9.17, 15) is 0 Å². The minimum atomic E-state index is 0.154. The van der Waals surface area contributed by atoms with Crippen LogP contribution >= 0.6 is 0 Å². The lowest BCUT2D eigenvalue weighted by molar-refractivity contribution is 0.119. The number of methoxy groups -OCH3 is 1. The van der Waals surface area contributed by atoms with E-state index in [0.29, 0.717) is 0 Å². The molecule has 0 saturated carbocycles.